The second kappa shape index (κ2) is 5.43. The average Bonchev–Trinajstić information content (AvgIpc) is 3.29. The molecule has 1 aliphatic heterocycles. The van der Waals surface area contributed by atoms with Crippen LogP contribution in [0.15, 0.2) is 24.4 Å². The van der Waals surface area contributed by atoms with E-state index in [4.69, 9.17) is 0 Å². The third kappa shape index (κ3) is 2.63. The van der Waals surface area contributed by atoms with Gasteiger partial charge in [0.25, 0.3) is 0 Å². The molecule has 1 saturated heterocycles. The Labute approximate surface area is 130 Å². The third-order valence-electron chi connectivity index (χ3n) is 5.09. The van der Waals surface area contributed by atoms with Crippen LogP contribution in [0.4, 0.5) is 5.69 Å². The van der Waals surface area contributed by atoms with Crippen LogP contribution < -0.4 is 5.32 Å². The number of aromatic amines is 1. The molecule has 0 radical (unpaired) electrons. The lowest BCUT2D eigenvalue weighted by molar-refractivity contribution is -0.117. The number of anilines is 1. The van der Waals surface area contributed by atoms with E-state index in [1.807, 2.05) is 6.07 Å². The number of piperidine rings is 1. The first-order valence-electron chi connectivity index (χ1n) is 8.31. The van der Waals surface area contributed by atoms with Crippen molar-refractivity contribution in [2.75, 3.05) is 25.5 Å². The molecule has 2 fully saturated rings. The number of hydrogen-bond donors (Lipinski definition) is 2. The minimum Gasteiger partial charge on any atom is -0.361 e. The number of rotatable bonds is 3. The number of nitrogens with one attached hydrogen (secondary N) is 2. The van der Waals surface area contributed by atoms with Crippen LogP contribution in [0.2, 0.25) is 0 Å². The van der Waals surface area contributed by atoms with Crippen molar-refractivity contribution in [2.45, 2.75) is 31.6 Å². The summed E-state index contributed by atoms with van der Waals surface area (Å²) in [7, 11) is 2.19. The van der Waals surface area contributed by atoms with Crippen molar-refractivity contribution in [3.05, 3.63) is 30.0 Å². The summed E-state index contributed by atoms with van der Waals surface area (Å²) in [6.45, 7) is 2.32. The van der Waals surface area contributed by atoms with E-state index >= 15 is 0 Å². The van der Waals surface area contributed by atoms with Gasteiger partial charge in [0, 0.05) is 28.7 Å². The number of carbonyl (C=O) groups is 1. The molecule has 4 rings (SSSR count). The largest absolute Gasteiger partial charge is 0.361 e. The fraction of sp³-hybridized carbons (Fsp3) is 0.500. The molecule has 2 N–H and O–H groups in total. The maximum absolute atomic E-state index is 11.9. The highest BCUT2D eigenvalue weighted by Crippen LogP contribution is 2.35. The standard InChI is InChI=1S/C18H23N3O/c1-21-8-6-12(7-9-21)16-11-19-17-5-4-14(10-15(16)17)20-18(22)13-2-3-13/h4-5,10-13,19H,2-3,6-9H2,1H3,(H,20,22). The molecule has 2 aromatic rings. The van der Waals surface area contributed by atoms with E-state index in [9.17, 15) is 4.79 Å². The summed E-state index contributed by atoms with van der Waals surface area (Å²) >= 11 is 0. The molecule has 0 bridgehead atoms. The average molecular weight is 297 g/mol. The lowest BCUT2D eigenvalue weighted by Crippen LogP contribution is -2.29. The molecule has 0 atom stereocenters. The number of likely N-dealkylation sites (tertiary alicyclic amines) is 1. The molecule has 4 nitrogen and oxygen atoms in total. The monoisotopic (exact) mass is 297 g/mol. The van der Waals surface area contributed by atoms with Crippen LogP contribution in [-0.2, 0) is 4.79 Å². The van der Waals surface area contributed by atoms with Gasteiger partial charge >= 0.3 is 0 Å². The SMILES string of the molecule is CN1CCC(c2c[nH]c3ccc(NC(=O)C4CC4)cc23)CC1. The van der Waals surface area contributed by atoms with Crippen molar-refractivity contribution < 1.29 is 4.79 Å². The normalized spacial score (nSPS) is 20.4. The van der Waals surface area contributed by atoms with Crippen molar-refractivity contribution in [1.29, 1.82) is 0 Å². The van der Waals surface area contributed by atoms with Crippen molar-refractivity contribution >= 4 is 22.5 Å². The summed E-state index contributed by atoms with van der Waals surface area (Å²) in [6, 6.07) is 6.22. The van der Waals surface area contributed by atoms with Crippen molar-refractivity contribution in [3.8, 4) is 0 Å². The molecule has 1 amide bonds. The maximum Gasteiger partial charge on any atom is 0.227 e. The van der Waals surface area contributed by atoms with E-state index in [-0.39, 0.29) is 11.8 Å². The lowest BCUT2D eigenvalue weighted by Gasteiger charge is -2.28. The highest BCUT2D eigenvalue weighted by atomic mass is 16.2. The predicted molar refractivity (Wildman–Crippen MR) is 89.1 cm³/mol. The topological polar surface area (TPSA) is 48.1 Å². The van der Waals surface area contributed by atoms with Gasteiger partial charge in [0.05, 0.1) is 0 Å². The summed E-state index contributed by atoms with van der Waals surface area (Å²) in [5, 5.41) is 4.33. The highest BCUT2D eigenvalue weighted by molar-refractivity contribution is 5.96. The fourth-order valence-electron chi connectivity index (χ4n) is 3.47. The minimum atomic E-state index is 0.177. The van der Waals surface area contributed by atoms with Crippen LogP contribution in [0, 0.1) is 5.92 Å². The summed E-state index contributed by atoms with van der Waals surface area (Å²) < 4.78 is 0. The number of amides is 1. The Morgan fingerprint density at radius 3 is 2.73 bits per heavy atom. The number of nitrogens with zero attached hydrogens (tertiary/aromatic N) is 1. The van der Waals surface area contributed by atoms with Crippen LogP contribution in [0.1, 0.15) is 37.2 Å². The van der Waals surface area contributed by atoms with E-state index in [0.717, 1.165) is 31.6 Å². The van der Waals surface area contributed by atoms with E-state index < -0.39 is 0 Å². The molecule has 2 heterocycles. The van der Waals surface area contributed by atoms with Gasteiger partial charge in [0.15, 0.2) is 0 Å². The maximum atomic E-state index is 11.9. The van der Waals surface area contributed by atoms with E-state index in [1.165, 1.54) is 29.3 Å². The van der Waals surface area contributed by atoms with E-state index in [0.29, 0.717) is 5.92 Å². The molecular weight excluding hydrogens is 274 g/mol. The van der Waals surface area contributed by atoms with Gasteiger partial charge in [-0.1, -0.05) is 0 Å². The van der Waals surface area contributed by atoms with Crippen LogP contribution in [0.3, 0.4) is 0 Å². The number of fused-ring (bicyclic) bond motifs is 1. The molecule has 116 valence electrons. The van der Waals surface area contributed by atoms with Crippen molar-refractivity contribution in [2.24, 2.45) is 5.92 Å². The first-order valence-corrected chi connectivity index (χ1v) is 8.31. The van der Waals surface area contributed by atoms with Crippen molar-refractivity contribution in [3.63, 3.8) is 0 Å². The first-order chi connectivity index (χ1) is 10.7. The Morgan fingerprint density at radius 2 is 2.00 bits per heavy atom. The zero-order valence-electron chi connectivity index (χ0n) is 13.1. The third-order valence-corrected chi connectivity index (χ3v) is 5.09. The molecule has 0 spiro atoms. The predicted octanol–water partition coefficient (Wildman–Crippen LogP) is 3.33. The minimum absolute atomic E-state index is 0.177. The quantitative estimate of drug-likeness (QED) is 0.913. The highest BCUT2D eigenvalue weighted by Gasteiger charge is 2.29. The number of carbonyl (C=O) groups excluding carboxylic acids is 1. The van der Waals surface area contributed by atoms with Gasteiger partial charge in [-0.15, -0.1) is 0 Å². The van der Waals surface area contributed by atoms with Gasteiger partial charge in [-0.25, -0.2) is 0 Å². The Hall–Kier alpha value is -1.81. The second-order valence-electron chi connectivity index (χ2n) is 6.85. The van der Waals surface area contributed by atoms with Crippen LogP contribution >= 0.6 is 0 Å². The fourth-order valence-corrected chi connectivity index (χ4v) is 3.47. The molecule has 1 aromatic heterocycles. The number of hydrogen-bond acceptors (Lipinski definition) is 2. The number of benzene rings is 1. The summed E-state index contributed by atoms with van der Waals surface area (Å²) in [4.78, 5) is 17.7. The van der Waals surface area contributed by atoms with Gasteiger partial charge in [-0.05, 0) is 75.5 Å². The Kier molecular flexibility index (Phi) is 3.41. The van der Waals surface area contributed by atoms with Gasteiger partial charge in [-0.3, -0.25) is 4.79 Å². The van der Waals surface area contributed by atoms with E-state index in [1.54, 1.807) is 0 Å². The molecule has 1 saturated carbocycles. The second-order valence-corrected chi connectivity index (χ2v) is 6.85. The van der Waals surface area contributed by atoms with Gasteiger partial charge < -0.3 is 15.2 Å². The van der Waals surface area contributed by atoms with Crippen LogP contribution in [-0.4, -0.2) is 35.9 Å². The van der Waals surface area contributed by atoms with Gasteiger partial charge in [0.2, 0.25) is 5.91 Å². The molecular formula is C18H23N3O. The lowest BCUT2D eigenvalue weighted by atomic mass is 9.89. The summed E-state index contributed by atoms with van der Waals surface area (Å²) in [5.41, 5.74) is 3.50. The van der Waals surface area contributed by atoms with Gasteiger partial charge in [0.1, 0.15) is 0 Å². The van der Waals surface area contributed by atoms with E-state index in [2.05, 4.69) is 40.6 Å². The Balaban J connectivity index is 1.60. The molecule has 1 aliphatic carbocycles. The van der Waals surface area contributed by atoms with Crippen LogP contribution in [0.5, 0.6) is 0 Å². The number of aromatic nitrogens is 1. The smallest absolute Gasteiger partial charge is 0.227 e. The Bertz CT molecular complexity index is 693. The molecule has 1 aromatic carbocycles. The summed E-state index contributed by atoms with van der Waals surface area (Å²) in [5.74, 6) is 1.05. The molecule has 0 unspecified atom stereocenters. The number of H-pyrrole nitrogens is 1. The zero-order chi connectivity index (χ0) is 15.1. The van der Waals surface area contributed by atoms with Crippen molar-refractivity contribution in [1.82, 2.24) is 9.88 Å². The Morgan fingerprint density at radius 1 is 1.23 bits per heavy atom. The molecule has 22 heavy (non-hydrogen) atoms. The molecule has 2 aliphatic rings. The molecule has 4 heteroatoms. The first kappa shape index (κ1) is 13.8. The van der Waals surface area contributed by atoms with Crippen LogP contribution in [0.25, 0.3) is 10.9 Å². The van der Waals surface area contributed by atoms with Gasteiger partial charge in [-0.2, -0.15) is 0 Å². The summed E-state index contributed by atoms with van der Waals surface area (Å²) in [6.07, 6.45) is 6.66. The zero-order valence-corrected chi connectivity index (χ0v) is 13.1.